The van der Waals surface area contributed by atoms with Gasteiger partial charge in [-0.15, -0.1) is 0 Å². The zero-order chi connectivity index (χ0) is 13.2. The number of hydrogen-bond acceptors (Lipinski definition) is 3. The van der Waals surface area contributed by atoms with Crippen LogP contribution >= 0.6 is 0 Å². The van der Waals surface area contributed by atoms with E-state index in [-0.39, 0.29) is 18.2 Å². The lowest BCUT2D eigenvalue weighted by atomic mass is 10.2. The largest absolute Gasteiger partial charge is 0.326 e. The van der Waals surface area contributed by atoms with Gasteiger partial charge in [0.1, 0.15) is 0 Å². The number of amides is 1. The van der Waals surface area contributed by atoms with E-state index >= 15 is 0 Å². The average Bonchev–Trinajstić information content (AvgIpc) is 2.47. The van der Waals surface area contributed by atoms with Crippen molar-refractivity contribution in [2.45, 2.75) is 18.4 Å². The number of nitrogens with zero attached hydrogens (tertiary/aromatic N) is 1. The highest BCUT2D eigenvalue weighted by atomic mass is 32.2. The second-order valence-corrected chi connectivity index (χ2v) is 6.11. The Morgan fingerprint density at radius 1 is 1.33 bits per heavy atom. The van der Waals surface area contributed by atoms with Crippen molar-refractivity contribution in [3.63, 3.8) is 0 Å². The molecule has 0 aromatic heterocycles. The predicted molar refractivity (Wildman–Crippen MR) is 67.4 cm³/mol. The molecule has 5 heteroatoms. The molecule has 0 spiro atoms. The Hall–Kier alpha value is -1.80. The first-order valence-electron chi connectivity index (χ1n) is 5.57. The van der Waals surface area contributed by atoms with E-state index in [2.05, 4.69) is 11.8 Å². The summed E-state index contributed by atoms with van der Waals surface area (Å²) in [6, 6.07) is 6.79. The molecule has 18 heavy (non-hydrogen) atoms. The van der Waals surface area contributed by atoms with Crippen LogP contribution < -0.4 is 0 Å². The molecule has 0 radical (unpaired) electrons. The van der Waals surface area contributed by atoms with Crippen molar-refractivity contribution >= 4 is 15.7 Å². The minimum Gasteiger partial charge on any atom is -0.326 e. The number of rotatable bonds is 0. The van der Waals surface area contributed by atoms with Crippen LogP contribution in [0.4, 0.5) is 0 Å². The van der Waals surface area contributed by atoms with Crippen molar-refractivity contribution < 1.29 is 13.2 Å². The lowest BCUT2D eigenvalue weighted by Crippen LogP contribution is -2.31. The maximum Gasteiger partial charge on any atom is 0.298 e. The van der Waals surface area contributed by atoms with Gasteiger partial charge in [-0.1, -0.05) is 24.1 Å². The van der Waals surface area contributed by atoms with Crippen LogP contribution in [0.1, 0.15) is 12.5 Å². The Morgan fingerprint density at radius 2 is 2.06 bits per heavy atom. The van der Waals surface area contributed by atoms with Gasteiger partial charge in [-0.2, -0.15) is 0 Å². The number of fused-ring (bicyclic) bond motifs is 1. The van der Waals surface area contributed by atoms with Gasteiger partial charge in [-0.25, -0.2) is 8.42 Å². The van der Waals surface area contributed by atoms with E-state index in [1.165, 1.54) is 4.90 Å². The van der Waals surface area contributed by atoms with Crippen molar-refractivity contribution in [2.24, 2.45) is 0 Å². The number of hydrogen-bond donors (Lipinski definition) is 0. The highest BCUT2D eigenvalue weighted by molar-refractivity contribution is 7.91. The third-order valence-electron chi connectivity index (χ3n) is 2.82. The Balaban J connectivity index is 2.43. The van der Waals surface area contributed by atoms with Crippen LogP contribution in [0.3, 0.4) is 0 Å². The standard InChI is InChI=1S/C13H13NO3S/c1-2-5-13(15)14-8-9-18(16,17)12-7-4-3-6-11(12)10-14/h3-4,6-7H,8-10H2,1H3. The maximum atomic E-state index is 12.0. The van der Waals surface area contributed by atoms with Gasteiger partial charge in [-0.05, 0) is 24.5 Å². The van der Waals surface area contributed by atoms with Gasteiger partial charge < -0.3 is 4.90 Å². The summed E-state index contributed by atoms with van der Waals surface area (Å²) < 4.78 is 24.1. The summed E-state index contributed by atoms with van der Waals surface area (Å²) in [7, 11) is -3.30. The van der Waals surface area contributed by atoms with Crippen LogP contribution in [0, 0.1) is 11.8 Å². The van der Waals surface area contributed by atoms with Gasteiger partial charge in [0.2, 0.25) is 0 Å². The maximum absolute atomic E-state index is 12.0. The van der Waals surface area contributed by atoms with Crippen molar-refractivity contribution in [1.29, 1.82) is 0 Å². The quantitative estimate of drug-likeness (QED) is 0.651. The first-order chi connectivity index (χ1) is 8.54. The molecule has 0 atom stereocenters. The van der Waals surface area contributed by atoms with E-state index in [1.807, 2.05) is 0 Å². The normalized spacial score (nSPS) is 17.1. The minimum absolute atomic E-state index is 0.0544. The fourth-order valence-electron chi connectivity index (χ4n) is 1.92. The van der Waals surface area contributed by atoms with E-state index in [9.17, 15) is 13.2 Å². The Kier molecular flexibility index (Phi) is 3.39. The molecule has 1 aliphatic heterocycles. The highest BCUT2D eigenvalue weighted by Crippen LogP contribution is 2.22. The van der Waals surface area contributed by atoms with Crippen molar-refractivity contribution in [3.05, 3.63) is 29.8 Å². The summed E-state index contributed by atoms with van der Waals surface area (Å²) in [5.74, 6) is 4.60. The topological polar surface area (TPSA) is 54.5 Å². The number of benzene rings is 1. The molecule has 0 aliphatic carbocycles. The molecular weight excluding hydrogens is 250 g/mol. The van der Waals surface area contributed by atoms with E-state index in [4.69, 9.17) is 0 Å². The summed E-state index contributed by atoms with van der Waals surface area (Å²) in [4.78, 5) is 13.5. The molecule has 1 aromatic carbocycles. The molecule has 2 rings (SSSR count). The van der Waals surface area contributed by atoms with E-state index in [0.717, 1.165) is 0 Å². The van der Waals surface area contributed by atoms with Crippen molar-refractivity contribution in [2.75, 3.05) is 12.3 Å². The predicted octanol–water partition coefficient (Wildman–Crippen LogP) is 0.826. The minimum atomic E-state index is -3.30. The van der Waals surface area contributed by atoms with Gasteiger partial charge in [-0.3, -0.25) is 4.79 Å². The second kappa shape index (κ2) is 4.83. The van der Waals surface area contributed by atoms with E-state index < -0.39 is 9.84 Å². The molecule has 0 unspecified atom stereocenters. The Bertz CT molecular complexity index is 638. The molecule has 0 saturated heterocycles. The summed E-state index contributed by atoms with van der Waals surface area (Å²) >= 11 is 0. The monoisotopic (exact) mass is 263 g/mol. The van der Waals surface area contributed by atoms with Gasteiger partial charge in [0.05, 0.1) is 10.6 Å². The molecule has 0 saturated carbocycles. The zero-order valence-corrected chi connectivity index (χ0v) is 10.8. The molecule has 1 aliphatic rings. The number of carbonyl (C=O) groups is 1. The smallest absolute Gasteiger partial charge is 0.298 e. The Morgan fingerprint density at radius 3 is 2.78 bits per heavy atom. The van der Waals surface area contributed by atoms with Crippen molar-refractivity contribution in [1.82, 2.24) is 4.90 Å². The summed E-state index contributed by atoms with van der Waals surface area (Å²) in [5.41, 5.74) is 0.654. The first kappa shape index (κ1) is 12.7. The molecule has 1 heterocycles. The van der Waals surface area contributed by atoms with Gasteiger partial charge >= 0.3 is 0 Å². The Labute approximate surface area is 107 Å². The zero-order valence-electron chi connectivity index (χ0n) is 10.0. The highest BCUT2D eigenvalue weighted by Gasteiger charge is 2.26. The van der Waals surface area contributed by atoms with Crippen LogP contribution in [0.2, 0.25) is 0 Å². The van der Waals surface area contributed by atoms with E-state index in [1.54, 1.807) is 31.2 Å². The van der Waals surface area contributed by atoms with Crippen LogP contribution in [-0.4, -0.2) is 31.5 Å². The van der Waals surface area contributed by atoms with Crippen LogP contribution in [-0.2, 0) is 21.2 Å². The lowest BCUT2D eigenvalue weighted by Gasteiger charge is -2.16. The molecule has 0 fully saturated rings. The molecule has 1 amide bonds. The van der Waals surface area contributed by atoms with E-state index in [0.29, 0.717) is 17.0 Å². The van der Waals surface area contributed by atoms with Crippen LogP contribution in [0.5, 0.6) is 0 Å². The fraction of sp³-hybridized carbons (Fsp3) is 0.308. The molecule has 94 valence electrons. The summed E-state index contributed by atoms with van der Waals surface area (Å²) in [6.07, 6.45) is 0. The average molecular weight is 263 g/mol. The fourth-order valence-corrected chi connectivity index (χ4v) is 3.42. The lowest BCUT2D eigenvalue weighted by molar-refractivity contribution is -0.125. The SMILES string of the molecule is CC#CC(=O)N1CCS(=O)(=O)c2ccccc2C1. The number of carbonyl (C=O) groups excluding carboxylic acids is 1. The molecule has 0 N–H and O–H groups in total. The van der Waals surface area contributed by atoms with Gasteiger partial charge in [0.15, 0.2) is 9.84 Å². The molecule has 0 bridgehead atoms. The molecule has 4 nitrogen and oxygen atoms in total. The third kappa shape index (κ3) is 2.39. The third-order valence-corrected chi connectivity index (χ3v) is 4.61. The van der Waals surface area contributed by atoms with Crippen LogP contribution in [0.25, 0.3) is 0 Å². The molecular formula is C13H13NO3S. The summed E-state index contributed by atoms with van der Waals surface area (Å²) in [6.45, 7) is 2.06. The van der Waals surface area contributed by atoms with Gasteiger partial charge in [0.25, 0.3) is 5.91 Å². The second-order valence-electron chi connectivity index (χ2n) is 4.03. The molecule has 1 aromatic rings. The van der Waals surface area contributed by atoms with Crippen molar-refractivity contribution in [3.8, 4) is 11.8 Å². The first-order valence-corrected chi connectivity index (χ1v) is 7.22. The van der Waals surface area contributed by atoms with Crippen LogP contribution in [0.15, 0.2) is 29.2 Å². The summed E-state index contributed by atoms with van der Waals surface area (Å²) in [5, 5.41) is 0. The number of sulfone groups is 1. The van der Waals surface area contributed by atoms with Gasteiger partial charge in [0, 0.05) is 13.1 Å².